The van der Waals surface area contributed by atoms with Crippen LogP contribution >= 0.6 is 11.6 Å². The molecule has 2 heterocycles. The number of nitrogens with zero attached hydrogens (tertiary/aromatic N) is 2. The largest absolute Gasteiger partial charge is 0.373 e. The summed E-state index contributed by atoms with van der Waals surface area (Å²) in [4.78, 5) is 20.5. The number of halogens is 3. The van der Waals surface area contributed by atoms with Crippen LogP contribution in [0.1, 0.15) is 75.3 Å². The van der Waals surface area contributed by atoms with Crippen LogP contribution in [-0.4, -0.2) is 46.2 Å². The third-order valence-electron chi connectivity index (χ3n) is 9.55. The van der Waals surface area contributed by atoms with Crippen LogP contribution in [0.3, 0.4) is 0 Å². The van der Waals surface area contributed by atoms with E-state index in [0.29, 0.717) is 64.5 Å². The molecule has 11 heteroatoms. The zero-order chi connectivity index (χ0) is 33.5. The van der Waals surface area contributed by atoms with Crippen molar-refractivity contribution < 1.29 is 8.78 Å². The molecule has 1 aliphatic rings. The minimum absolute atomic E-state index is 0.0459. The van der Waals surface area contributed by atoms with Gasteiger partial charge in [0.1, 0.15) is 11.5 Å². The van der Waals surface area contributed by atoms with E-state index < -0.39 is 11.5 Å². The lowest BCUT2D eigenvalue weighted by molar-refractivity contribution is 0.174. The van der Waals surface area contributed by atoms with Gasteiger partial charge >= 0.3 is 5.69 Å². The minimum atomic E-state index is -0.527. The average molecular weight is 666 g/mol. The summed E-state index contributed by atoms with van der Waals surface area (Å²) in [7, 11) is 0. The van der Waals surface area contributed by atoms with Crippen molar-refractivity contribution in [1.82, 2.24) is 19.9 Å². The average Bonchev–Trinajstić information content (AvgIpc) is 3.47. The molecule has 0 spiro atoms. The molecule has 1 aliphatic carbocycles. The molecule has 7 N–H and O–H groups in total. The number of aromatic amines is 1. The van der Waals surface area contributed by atoms with E-state index in [1.54, 1.807) is 24.4 Å². The molecule has 8 nitrogen and oxygen atoms in total. The van der Waals surface area contributed by atoms with Crippen molar-refractivity contribution in [1.29, 1.82) is 5.41 Å². The molecule has 252 valence electrons. The van der Waals surface area contributed by atoms with Crippen molar-refractivity contribution in [2.24, 2.45) is 23.3 Å². The van der Waals surface area contributed by atoms with E-state index in [1.165, 1.54) is 10.1 Å². The number of fused-ring (bicyclic) bond motifs is 1. The number of nitrogens with two attached hydrogens (primary N) is 2. The molecule has 5 rings (SSSR count). The molecule has 0 bridgehead atoms. The summed E-state index contributed by atoms with van der Waals surface area (Å²) in [5.41, 5.74) is 15.0. The molecule has 2 aromatic heterocycles. The maximum Gasteiger partial charge on any atom is 0.354 e. The third-order valence-corrected chi connectivity index (χ3v) is 9.83. The van der Waals surface area contributed by atoms with E-state index >= 15 is 4.39 Å². The highest BCUT2D eigenvalue weighted by Gasteiger charge is 2.33. The monoisotopic (exact) mass is 665 g/mol. The third kappa shape index (κ3) is 8.47. The second-order valence-corrected chi connectivity index (χ2v) is 13.4. The second-order valence-electron chi connectivity index (χ2n) is 13.0. The molecule has 2 aromatic carbocycles. The summed E-state index contributed by atoms with van der Waals surface area (Å²) in [6.45, 7) is 2.52. The predicted molar refractivity (Wildman–Crippen MR) is 187 cm³/mol. The number of rotatable bonds is 14. The Morgan fingerprint density at radius 1 is 1.19 bits per heavy atom. The van der Waals surface area contributed by atoms with E-state index in [-0.39, 0.29) is 24.3 Å². The maximum absolute atomic E-state index is 15.2. The fraction of sp³-hybridized carbons (Fsp3) is 0.472. The second kappa shape index (κ2) is 16.0. The summed E-state index contributed by atoms with van der Waals surface area (Å²) < 4.78 is 30.0. The Hall–Kier alpha value is -3.60. The zero-order valence-electron chi connectivity index (χ0n) is 27.0. The Morgan fingerprint density at radius 2 is 1.98 bits per heavy atom. The van der Waals surface area contributed by atoms with Gasteiger partial charge in [-0.3, -0.25) is 14.4 Å². The Bertz CT molecular complexity index is 1720. The smallest absolute Gasteiger partial charge is 0.354 e. The van der Waals surface area contributed by atoms with Crippen LogP contribution in [0.25, 0.3) is 28.0 Å². The van der Waals surface area contributed by atoms with Crippen LogP contribution in [0, 0.1) is 23.1 Å². The number of nitrogens with one attached hydrogen (secondary N) is 3. The van der Waals surface area contributed by atoms with Gasteiger partial charge in [0.15, 0.2) is 5.82 Å². The lowest BCUT2D eigenvalue weighted by Crippen LogP contribution is -2.34. The molecular weight excluding hydrogens is 620 g/mol. The van der Waals surface area contributed by atoms with Crippen molar-refractivity contribution >= 4 is 28.5 Å². The molecule has 0 saturated heterocycles. The highest BCUT2D eigenvalue weighted by molar-refractivity contribution is 6.31. The molecule has 0 radical (unpaired) electrons. The van der Waals surface area contributed by atoms with Gasteiger partial charge in [-0.2, -0.15) is 4.98 Å². The number of amidine groups is 1. The van der Waals surface area contributed by atoms with Crippen molar-refractivity contribution in [2.75, 3.05) is 19.8 Å². The number of benzene rings is 2. The first-order valence-corrected chi connectivity index (χ1v) is 17.1. The summed E-state index contributed by atoms with van der Waals surface area (Å²) in [6, 6.07) is 13.3. The molecular formula is C36H46ClF2N7O. The van der Waals surface area contributed by atoms with E-state index in [0.717, 1.165) is 56.9 Å². The first kappa shape index (κ1) is 34.7. The highest BCUT2D eigenvalue weighted by Crippen LogP contribution is 2.45. The van der Waals surface area contributed by atoms with Crippen LogP contribution in [0.2, 0.25) is 5.02 Å². The van der Waals surface area contributed by atoms with Crippen LogP contribution < -0.4 is 22.5 Å². The maximum atomic E-state index is 15.2. The van der Waals surface area contributed by atoms with Crippen LogP contribution in [-0.2, 0) is 6.42 Å². The Labute approximate surface area is 279 Å². The van der Waals surface area contributed by atoms with Gasteiger partial charge in [0.25, 0.3) is 0 Å². The topological polar surface area (TPSA) is 139 Å². The number of hydrogen-bond acceptors (Lipinski definition) is 5. The molecule has 4 aromatic rings. The van der Waals surface area contributed by atoms with Crippen molar-refractivity contribution in [3.63, 3.8) is 0 Å². The quantitative estimate of drug-likeness (QED) is 0.0729. The van der Waals surface area contributed by atoms with Crippen LogP contribution in [0.4, 0.5) is 8.78 Å². The number of aromatic nitrogens is 3. The SMILES string of the molecule is C[C@H](N)CCCc1cc(Cl)c(F)c(-c2cc3cn(-c4ccc([C@@H]5CCC[C@@H](CCNC(=N)CN)C5CCCF)cc4)c(=O)nc3[nH]2)c1. The number of H-pyrrole nitrogens is 1. The van der Waals surface area contributed by atoms with Gasteiger partial charge < -0.3 is 21.8 Å². The summed E-state index contributed by atoms with van der Waals surface area (Å²) in [6.07, 6.45) is 9.66. The van der Waals surface area contributed by atoms with Gasteiger partial charge in [0.2, 0.25) is 0 Å². The van der Waals surface area contributed by atoms with Gasteiger partial charge in [-0.25, -0.2) is 9.18 Å². The van der Waals surface area contributed by atoms with Crippen molar-refractivity contribution in [2.45, 2.75) is 76.7 Å². The van der Waals surface area contributed by atoms with Gasteiger partial charge in [-0.15, -0.1) is 0 Å². The molecule has 1 unspecified atom stereocenters. The highest BCUT2D eigenvalue weighted by atomic mass is 35.5. The Morgan fingerprint density at radius 3 is 2.70 bits per heavy atom. The first-order valence-electron chi connectivity index (χ1n) is 16.7. The minimum Gasteiger partial charge on any atom is -0.373 e. The lowest BCUT2D eigenvalue weighted by Gasteiger charge is -2.39. The molecule has 4 atom stereocenters. The van der Waals surface area contributed by atoms with Crippen molar-refractivity contribution in [3.8, 4) is 16.9 Å². The molecule has 1 fully saturated rings. The van der Waals surface area contributed by atoms with E-state index in [4.69, 9.17) is 28.5 Å². The van der Waals surface area contributed by atoms with E-state index in [1.807, 2.05) is 19.1 Å². The number of aryl methyl sites for hydroxylation is 1. The fourth-order valence-corrected chi connectivity index (χ4v) is 7.42. The Balaban J connectivity index is 1.37. The number of hydrogen-bond donors (Lipinski definition) is 5. The van der Waals surface area contributed by atoms with E-state index in [2.05, 4.69) is 27.4 Å². The predicted octanol–water partition coefficient (Wildman–Crippen LogP) is 7.01. The summed E-state index contributed by atoms with van der Waals surface area (Å²) in [5.74, 6) is 0.881. The molecule has 0 amide bonds. The number of alkyl halides is 1. The zero-order valence-corrected chi connectivity index (χ0v) is 27.8. The van der Waals surface area contributed by atoms with Gasteiger partial charge in [0, 0.05) is 29.7 Å². The molecule has 0 aliphatic heterocycles. The normalized spacial score (nSPS) is 18.8. The summed E-state index contributed by atoms with van der Waals surface area (Å²) in [5, 5.41) is 11.6. The standard InChI is InChI=1S/C36H46ClF2N7O/c1-22(41)5-2-6-23-17-30(34(39)31(37)18-23)32-19-26-21-46(36(47)45-35(26)44-32)27-12-10-25(11-13-27)28-8-3-7-24(29(28)9-4-15-38)14-16-43-33(42)20-40/h10-13,17-19,21-22,24,28-29H,2-9,14-16,20,40-41H2,1H3,(H2,42,43)(H,44,45,47)/t22-,24-,28-,29?/m0/s1. The molecule has 1 saturated carbocycles. The lowest BCUT2D eigenvalue weighted by atomic mass is 9.66. The van der Waals surface area contributed by atoms with Gasteiger partial charge in [-0.05, 0) is 111 Å². The first-order chi connectivity index (χ1) is 22.7. The van der Waals surface area contributed by atoms with Crippen LogP contribution in [0.15, 0.2) is 53.5 Å². The van der Waals surface area contributed by atoms with E-state index in [9.17, 15) is 9.18 Å². The van der Waals surface area contributed by atoms with Gasteiger partial charge in [0.05, 0.1) is 29.6 Å². The fourth-order valence-electron chi connectivity index (χ4n) is 7.18. The van der Waals surface area contributed by atoms with Crippen molar-refractivity contribution in [3.05, 3.63) is 81.1 Å². The van der Waals surface area contributed by atoms with Crippen LogP contribution in [0.5, 0.6) is 0 Å². The summed E-state index contributed by atoms with van der Waals surface area (Å²) >= 11 is 6.27. The molecule has 47 heavy (non-hydrogen) atoms. The van der Waals surface area contributed by atoms with Gasteiger partial charge in [-0.1, -0.05) is 36.6 Å². The Kier molecular flexibility index (Phi) is 11.8.